The average molecular weight is 193 g/mol. The normalized spacial score (nSPS) is 10.5. The Hall–Kier alpha value is -0.760. The van der Waals surface area contributed by atoms with Crippen molar-refractivity contribution in [1.82, 2.24) is 4.98 Å². The Morgan fingerprint density at radius 2 is 2.23 bits per heavy atom. The third-order valence-electron chi connectivity index (χ3n) is 1.95. The van der Waals surface area contributed by atoms with Gasteiger partial charge in [-0.2, -0.15) is 0 Å². The van der Waals surface area contributed by atoms with Gasteiger partial charge in [0.2, 0.25) is 0 Å². The molecular formula is C11H15NS. The Kier molecular flexibility index (Phi) is 3.55. The lowest BCUT2D eigenvalue weighted by Crippen LogP contribution is -1.93. The molecule has 1 rings (SSSR count). The number of hydrogen-bond acceptors (Lipinski definition) is 2. The molecule has 2 heteroatoms. The lowest BCUT2D eigenvalue weighted by molar-refractivity contribution is 0.817. The van der Waals surface area contributed by atoms with Gasteiger partial charge in [-0.25, -0.2) is 0 Å². The molecule has 0 aliphatic heterocycles. The van der Waals surface area contributed by atoms with Gasteiger partial charge in [0.1, 0.15) is 0 Å². The Morgan fingerprint density at radius 3 is 2.69 bits per heavy atom. The van der Waals surface area contributed by atoms with Gasteiger partial charge in [0.15, 0.2) is 0 Å². The fraction of sp³-hybridized carbons (Fsp3) is 0.364. The van der Waals surface area contributed by atoms with Crippen LogP contribution in [-0.4, -0.2) is 11.2 Å². The number of thioether (sulfide) groups is 1. The minimum Gasteiger partial charge on any atom is -0.260 e. The zero-order valence-electron chi connectivity index (χ0n) is 8.37. The van der Waals surface area contributed by atoms with Gasteiger partial charge < -0.3 is 0 Å². The highest BCUT2D eigenvalue weighted by Gasteiger charge is 2.04. The fourth-order valence-corrected chi connectivity index (χ4v) is 1.66. The molecule has 0 saturated heterocycles. The molecule has 0 N–H and O–H groups in total. The Balaban J connectivity index is 3.13. The van der Waals surface area contributed by atoms with Gasteiger partial charge in [0.05, 0.1) is 0 Å². The summed E-state index contributed by atoms with van der Waals surface area (Å²) in [6.07, 6.45) is 5.87. The molecule has 0 aliphatic rings. The number of aromatic nitrogens is 1. The van der Waals surface area contributed by atoms with Crippen LogP contribution in [0.15, 0.2) is 23.7 Å². The van der Waals surface area contributed by atoms with Crippen LogP contribution in [0.25, 0.3) is 6.08 Å². The van der Waals surface area contributed by atoms with Crippen LogP contribution in [0.5, 0.6) is 0 Å². The molecule has 0 unspecified atom stereocenters. The summed E-state index contributed by atoms with van der Waals surface area (Å²) in [5.74, 6) is 0.481. The van der Waals surface area contributed by atoms with Gasteiger partial charge in [0, 0.05) is 16.8 Å². The molecule has 1 heterocycles. The summed E-state index contributed by atoms with van der Waals surface area (Å²) < 4.78 is 0. The summed E-state index contributed by atoms with van der Waals surface area (Å²) in [6, 6.07) is 2.11. The standard InChI is InChI=1S/C11H15NS/c1-5-9-6-10(8(2)3)12-7-11(9)13-4/h5-8H,1H2,2-4H3. The molecule has 0 radical (unpaired) electrons. The molecule has 0 aromatic carbocycles. The van der Waals surface area contributed by atoms with E-state index in [4.69, 9.17) is 0 Å². The smallest absolute Gasteiger partial charge is 0.0435 e. The summed E-state index contributed by atoms with van der Waals surface area (Å²) in [4.78, 5) is 5.58. The van der Waals surface area contributed by atoms with E-state index in [-0.39, 0.29) is 0 Å². The van der Waals surface area contributed by atoms with E-state index in [1.165, 1.54) is 10.5 Å². The Morgan fingerprint density at radius 1 is 1.54 bits per heavy atom. The van der Waals surface area contributed by atoms with Gasteiger partial charge in [-0.3, -0.25) is 4.98 Å². The molecule has 0 aliphatic carbocycles. The van der Waals surface area contributed by atoms with Crippen LogP contribution < -0.4 is 0 Å². The van der Waals surface area contributed by atoms with E-state index in [1.807, 2.05) is 12.3 Å². The van der Waals surface area contributed by atoms with Crippen LogP contribution in [0.3, 0.4) is 0 Å². The topological polar surface area (TPSA) is 12.9 Å². The van der Waals surface area contributed by atoms with Crippen LogP contribution >= 0.6 is 11.8 Å². The maximum Gasteiger partial charge on any atom is 0.0435 e. The second-order valence-corrected chi connectivity index (χ2v) is 4.06. The molecule has 1 aromatic rings. The summed E-state index contributed by atoms with van der Waals surface area (Å²) >= 11 is 1.71. The monoisotopic (exact) mass is 193 g/mol. The van der Waals surface area contributed by atoms with Crippen molar-refractivity contribution in [3.8, 4) is 0 Å². The first-order valence-corrected chi connectivity index (χ1v) is 5.58. The van der Waals surface area contributed by atoms with Crippen molar-refractivity contribution < 1.29 is 0 Å². The van der Waals surface area contributed by atoms with E-state index < -0.39 is 0 Å². The minimum absolute atomic E-state index is 0.481. The fourth-order valence-electron chi connectivity index (χ4n) is 1.12. The van der Waals surface area contributed by atoms with Gasteiger partial charge in [-0.1, -0.05) is 26.5 Å². The Labute approximate surface area is 84.3 Å². The number of nitrogens with zero attached hydrogens (tertiary/aromatic N) is 1. The van der Waals surface area contributed by atoms with Gasteiger partial charge in [0.25, 0.3) is 0 Å². The van der Waals surface area contributed by atoms with E-state index in [9.17, 15) is 0 Å². The van der Waals surface area contributed by atoms with Crippen LogP contribution in [0.4, 0.5) is 0 Å². The van der Waals surface area contributed by atoms with Crippen molar-refractivity contribution in [3.05, 3.63) is 30.1 Å². The summed E-state index contributed by atoms with van der Waals surface area (Å²) in [5, 5.41) is 0. The number of rotatable bonds is 3. The van der Waals surface area contributed by atoms with Gasteiger partial charge >= 0.3 is 0 Å². The third kappa shape index (κ3) is 2.34. The van der Waals surface area contributed by atoms with Crippen molar-refractivity contribution >= 4 is 17.8 Å². The number of hydrogen-bond donors (Lipinski definition) is 0. The molecule has 1 aromatic heterocycles. The molecule has 0 saturated carbocycles. The second kappa shape index (κ2) is 4.47. The summed E-state index contributed by atoms with van der Waals surface area (Å²) in [7, 11) is 0. The molecular weight excluding hydrogens is 178 g/mol. The molecule has 0 atom stereocenters. The molecule has 0 spiro atoms. The molecule has 0 amide bonds. The Bertz CT molecular complexity index is 305. The maximum absolute atomic E-state index is 4.39. The molecule has 0 fully saturated rings. The van der Waals surface area contributed by atoms with Crippen LogP contribution in [-0.2, 0) is 0 Å². The predicted molar refractivity (Wildman–Crippen MR) is 60.2 cm³/mol. The van der Waals surface area contributed by atoms with Crippen LogP contribution in [0.1, 0.15) is 31.0 Å². The first-order valence-electron chi connectivity index (χ1n) is 4.35. The minimum atomic E-state index is 0.481. The van der Waals surface area contributed by atoms with Crippen molar-refractivity contribution in [3.63, 3.8) is 0 Å². The zero-order valence-corrected chi connectivity index (χ0v) is 9.19. The van der Waals surface area contributed by atoms with Crippen molar-refractivity contribution in [2.24, 2.45) is 0 Å². The van der Waals surface area contributed by atoms with Crippen LogP contribution in [0, 0.1) is 0 Å². The van der Waals surface area contributed by atoms with Crippen molar-refractivity contribution in [1.29, 1.82) is 0 Å². The first-order chi connectivity index (χ1) is 6.19. The average Bonchev–Trinajstić information content (AvgIpc) is 2.16. The van der Waals surface area contributed by atoms with Crippen molar-refractivity contribution in [2.75, 3.05) is 6.26 Å². The summed E-state index contributed by atoms with van der Waals surface area (Å²) in [6.45, 7) is 8.09. The third-order valence-corrected chi connectivity index (χ3v) is 2.73. The van der Waals surface area contributed by atoms with E-state index in [1.54, 1.807) is 11.8 Å². The van der Waals surface area contributed by atoms with Gasteiger partial charge in [-0.05, 0) is 23.8 Å². The second-order valence-electron chi connectivity index (χ2n) is 3.21. The SMILES string of the molecule is C=Cc1cc(C(C)C)ncc1SC. The quantitative estimate of drug-likeness (QED) is 0.681. The molecule has 13 heavy (non-hydrogen) atoms. The number of pyridine rings is 1. The van der Waals surface area contributed by atoms with Gasteiger partial charge in [-0.15, -0.1) is 11.8 Å². The van der Waals surface area contributed by atoms with E-state index in [0.717, 1.165) is 5.69 Å². The molecule has 1 nitrogen and oxygen atoms in total. The van der Waals surface area contributed by atoms with Crippen LogP contribution in [0.2, 0.25) is 0 Å². The lowest BCUT2D eigenvalue weighted by atomic mass is 10.1. The predicted octanol–water partition coefficient (Wildman–Crippen LogP) is 3.57. The highest BCUT2D eigenvalue weighted by Crippen LogP contribution is 2.23. The maximum atomic E-state index is 4.39. The van der Waals surface area contributed by atoms with E-state index in [2.05, 4.69) is 37.7 Å². The molecule has 70 valence electrons. The zero-order chi connectivity index (χ0) is 9.84. The largest absolute Gasteiger partial charge is 0.260 e. The highest BCUT2D eigenvalue weighted by molar-refractivity contribution is 7.98. The summed E-state index contributed by atoms with van der Waals surface area (Å²) in [5.41, 5.74) is 2.32. The first kappa shape index (κ1) is 10.3. The van der Waals surface area contributed by atoms with E-state index >= 15 is 0 Å². The van der Waals surface area contributed by atoms with Crippen molar-refractivity contribution in [2.45, 2.75) is 24.7 Å². The molecule has 0 bridgehead atoms. The van der Waals surface area contributed by atoms with E-state index in [0.29, 0.717) is 5.92 Å². The highest BCUT2D eigenvalue weighted by atomic mass is 32.2. The lowest BCUT2D eigenvalue weighted by Gasteiger charge is -2.07.